The maximum absolute atomic E-state index is 12.6. The van der Waals surface area contributed by atoms with Crippen LogP contribution in [0, 0.1) is 5.92 Å². The van der Waals surface area contributed by atoms with E-state index < -0.39 is 0 Å². The van der Waals surface area contributed by atoms with Crippen LogP contribution in [-0.4, -0.2) is 44.6 Å². The van der Waals surface area contributed by atoms with Gasteiger partial charge >= 0.3 is 6.09 Å². The van der Waals surface area contributed by atoms with E-state index in [0.29, 0.717) is 47.5 Å². The molecule has 1 amide bonds. The summed E-state index contributed by atoms with van der Waals surface area (Å²) in [5.74, 6) is 0.694. The van der Waals surface area contributed by atoms with Crippen LogP contribution in [0.1, 0.15) is 37.8 Å². The number of halogens is 2. The second-order valence-corrected chi connectivity index (χ2v) is 7.08. The van der Waals surface area contributed by atoms with Crippen LogP contribution in [0.15, 0.2) is 12.1 Å². The van der Waals surface area contributed by atoms with E-state index in [9.17, 15) is 4.79 Å². The Bertz CT molecular complexity index is 615. The van der Waals surface area contributed by atoms with Crippen LogP contribution in [-0.2, 0) is 9.47 Å². The summed E-state index contributed by atoms with van der Waals surface area (Å²) in [6, 6.07) is 3.09. The molecule has 146 valence electrons. The van der Waals surface area contributed by atoms with Crippen molar-refractivity contribution in [2.45, 2.75) is 32.2 Å². The topological polar surface area (TPSA) is 74.0 Å². The van der Waals surface area contributed by atoms with Crippen molar-refractivity contribution < 1.29 is 19.0 Å². The Morgan fingerprint density at radius 2 is 2.15 bits per heavy atom. The molecule has 1 aliphatic rings. The third-order valence-electron chi connectivity index (χ3n) is 4.44. The Morgan fingerprint density at radius 3 is 2.81 bits per heavy atom. The van der Waals surface area contributed by atoms with E-state index in [1.54, 1.807) is 17.0 Å². The predicted octanol–water partition coefficient (Wildman–Crippen LogP) is 4.23. The van der Waals surface area contributed by atoms with Gasteiger partial charge in [-0.2, -0.15) is 0 Å². The summed E-state index contributed by atoms with van der Waals surface area (Å²) in [5, 5.41) is 0.774. The van der Waals surface area contributed by atoms with E-state index in [1.807, 2.05) is 6.92 Å². The fourth-order valence-electron chi connectivity index (χ4n) is 3.06. The zero-order valence-corrected chi connectivity index (χ0v) is 16.7. The standard InChI is InChI=1S/C18H26Cl2N2O4/c1-3-4-7-25-18(23)22-10-12(9-21)8-14(22)16-15(26-11-24-2)6-5-13(19)17(16)20/h5-6,12,14H,3-4,7-11,21H2,1-2H3/t12-,14+/m0/s1. The quantitative estimate of drug-likeness (QED) is 0.518. The minimum atomic E-state index is -0.367. The van der Waals surface area contributed by atoms with Crippen molar-refractivity contribution in [3.8, 4) is 5.75 Å². The van der Waals surface area contributed by atoms with Crippen molar-refractivity contribution >= 4 is 29.3 Å². The number of nitrogens with zero attached hydrogens (tertiary/aromatic N) is 1. The number of amides is 1. The fraction of sp³-hybridized carbons (Fsp3) is 0.611. The molecule has 0 spiro atoms. The highest BCUT2D eigenvalue weighted by Crippen LogP contribution is 2.45. The molecule has 1 aromatic rings. The molecular weight excluding hydrogens is 379 g/mol. The van der Waals surface area contributed by atoms with Crippen LogP contribution in [0.3, 0.4) is 0 Å². The smallest absolute Gasteiger partial charge is 0.410 e. The number of benzene rings is 1. The van der Waals surface area contributed by atoms with Crippen molar-refractivity contribution in [2.75, 3.05) is 33.6 Å². The molecule has 1 saturated heterocycles. The maximum Gasteiger partial charge on any atom is 0.410 e. The summed E-state index contributed by atoms with van der Waals surface area (Å²) < 4.78 is 16.1. The average molecular weight is 405 g/mol. The molecule has 0 unspecified atom stereocenters. The zero-order chi connectivity index (χ0) is 19.1. The van der Waals surface area contributed by atoms with Crippen LogP contribution in [0.25, 0.3) is 0 Å². The fourth-order valence-corrected chi connectivity index (χ4v) is 3.51. The first kappa shape index (κ1) is 21.1. The summed E-state index contributed by atoms with van der Waals surface area (Å²) >= 11 is 12.7. The first-order valence-corrected chi connectivity index (χ1v) is 9.52. The van der Waals surface area contributed by atoms with Crippen LogP contribution in [0.5, 0.6) is 5.75 Å². The van der Waals surface area contributed by atoms with Gasteiger partial charge in [-0.3, -0.25) is 0 Å². The van der Waals surface area contributed by atoms with Crippen molar-refractivity contribution in [2.24, 2.45) is 11.7 Å². The lowest BCUT2D eigenvalue weighted by Crippen LogP contribution is -2.33. The molecule has 1 aliphatic heterocycles. The van der Waals surface area contributed by atoms with Gasteiger partial charge in [0.1, 0.15) is 5.75 Å². The van der Waals surface area contributed by atoms with E-state index in [-0.39, 0.29) is 24.8 Å². The lowest BCUT2D eigenvalue weighted by molar-refractivity contribution is 0.0490. The lowest BCUT2D eigenvalue weighted by atomic mass is 9.99. The Labute approximate surface area is 164 Å². The van der Waals surface area contributed by atoms with E-state index >= 15 is 0 Å². The normalized spacial score (nSPS) is 19.7. The van der Waals surface area contributed by atoms with Gasteiger partial charge in [0.05, 0.1) is 22.7 Å². The molecule has 2 rings (SSSR count). The van der Waals surface area contributed by atoms with Gasteiger partial charge < -0.3 is 24.8 Å². The molecule has 1 heterocycles. The number of likely N-dealkylation sites (tertiary alicyclic amines) is 1. The monoisotopic (exact) mass is 404 g/mol. The van der Waals surface area contributed by atoms with Gasteiger partial charge in [0.2, 0.25) is 0 Å². The van der Waals surface area contributed by atoms with Gasteiger partial charge in [-0.25, -0.2) is 4.79 Å². The molecule has 8 heteroatoms. The number of hydrogen-bond donors (Lipinski definition) is 1. The highest BCUT2D eigenvalue weighted by atomic mass is 35.5. The molecule has 0 aromatic heterocycles. The van der Waals surface area contributed by atoms with E-state index in [0.717, 1.165) is 12.8 Å². The van der Waals surface area contributed by atoms with E-state index in [1.165, 1.54) is 7.11 Å². The third-order valence-corrected chi connectivity index (χ3v) is 5.26. The number of methoxy groups -OCH3 is 1. The summed E-state index contributed by atoms with van der Waals surface area (Å²) in [4.78, 5) is 14.3. The average Bonchev–Trinajstić information content (AvgIpc) is 3.07. The molecule has 6 nitrogen and oxygen atoms in total. The highest BCUT2D eigenvalue weighted by Gasteiger charge is 2.39. The summed E-state index contributed by atoms with van der Waals surface area (Å²) in [5.41, 5.74) is 6.52. The van der Waals surface area contributed by atoms with Crippen LogP contribution >= 0.6 is 23.2 Å². The van der Waals surface area contributed by atoms with Crippen molar-refractivity contribution in [1.29, 1.82) is 0 Å². The predicted molar refractivity (Wildman–Crippen MR) is 102 cm³/mol. The van der Waals surface area contributed by atoms with Gasteiger partial charge in [-0.05, 0) is 37.4 Å². The van der Waals surface area contributed by atoms with Crippen LogP contribution < -0.4 is 10.5 Å². The minimum absolute atomic E-state index is 0.0684. The SMILES string of the molecule is CCCCOC(=O)N1C[C@H](CN)C[C@@H]1c1c(OCOC)ccc(Cl)c1Cl. The second-order valence-electron chi connectivity index (χ2n) is 6.30. The van der Waals surface area contributed by atoms with E-state index in [2.05, 4.69) is 0 Å². The van der Waals surface area contributed by atoms with Crippen LogP contribution in [0.4, 0.5) is 4.79 Å². The molecular formula is C18H26Cl2N2O4. The van der Waals surface area contributed by atoms with Gasteiger partial charge in [0.15, 0.2) is 6.79 Å². The molecule has 1 aromatic carbocycles. The summed E-state index contributed by atoms with van der Waals surface area (Å²) in [6.45, 7) is 3.49. The third kappa shape index (κ3) is 4.94. The molecule has 0 aliphatic carbocycles. The van der Waals surface area contributed by atoms with Gasteiger partial charge in [0.25, 0.3) is 0 Å². The Balaban J connectivity index is 2.33. The molecule has 1 fully saturated rings. The van der Waals surface area contributed by atoms with Gasteiger partial charge in [-0.1, -0.05) is 36.5 Å². The number of nitrogens with two attached hydrogens (primary N) is 1. The minimum Gasteiger partial charge on any atom is -0.467 e. The number of unbranched alkanes of at least 4 members (excludes halogenated alkanes) is 1. The Morgan fingerprint density at radius 1 is 1.38 bits per heavy atom. The van der Waals surface area contributed by atoms with Crippen molar-refractivity contribution in [3.05, 3.63) is 27.7 Å². The lowest BCUT2D eigenvalue weighted by Gasteiger charge is -2.27. The number of carbonyl (C=O) groups is 1. The van der Waals surface area contributed by atoms with Gasteiger partial charge in [0, 0.05) is 19.2 Å². The van der Waals surface area contributed by atoms with Crippen molar-refractivity contribution in [3.63, 3.8) is 0 Å². The summed E-state index contributed by atoms with van der Waals surface area (Å²) in [7, 11) is 1.54. The van der Waals surface area contributed by atoms with E-state index in [4.69, 9.17) is 43.1 Å². The first-order chi connectivity index (χ1) is 12.5. The second kappa shape index (κ2) is 10.2. The Kier molecular flexibility index (Phi) is 8.28. The summed E-state index contributed by atoms with van der Waals surface area (Å²) in [6.07, 6.45) is 2.08. The molecule has 0 saturated carbocycles. The number of ether oxygens (including phenoxy) is 3. The van der Waals surface area contributed by atoms with Crippen LogP contribution in [0.2, 0.25) is 10.0 Å². The number of hydrogen-bond acceptors (Lipinski definition) is 5. The highest BCUT2D eigenvalue weighted by molar-refractivity contribution is 6.42. The molecule has 2 N–H and O–H groups in total. The zero-order valence-electron chi connectivity index (χ0n) is 15.2. The Hall–Kier alpha value is -1.21. The van der Waals surface area contributed by atoms with Gasteiger partial charge in [-0.15, -0.1) is 0 Å². The molecule has 2 atom stereocenters. The number of rotatable bonds is 8. The molecule has 26 heavy (non-hydrogen) atoms. The largest absolute Gasteiger partial charge is 0.467 e. The maximum atomic E-state index is 12.6. The molecule has 0 radical (unpaired) electrons. The number of carbonyl (C=O) groups excluding carboxylic acids is 1. The molecule has 0 bridgehead atoms. The first-order valence-electron chi connectivity index (χ1n) is 8.76. The van der Waals surface area contributed by atoms with Crippen molar-refractivity contribution in [1.82, 2.24) is 4.90 Å².